The topological polar surface area (TPSA) is 98.0 Å². The van der Waals surface area contributed by atoms with Crippen molar-refractivity contribution >= 4 is 27.2 Å². The van der Waals surface area contributed by atoms with Crippen LogP contribution in [0.15, 0.2) is 41.6 Å². The fourth-order valence-electron chi connectivity index (χ4n) is 1.37. The summed E-state index contributed by atoms with van der Waals surface area (Å²) in [4.78, 5) is 8.19. The Balaban J connectivity index is 2.21. The van der Waals surface area contributed by atoms with Gasteiger partial charge in [-0.15, -0.1) is 0 Å². The minimum Gasteiger partial charge on any atom is -0.382 e. The largest absolute Gasteiger partial charge is 0.382 e. The Labute approximate surface area is 105 Å². The summed E-state index contributed by atoms with van der Waals surface area (Å²) in [6.45, 7) is 0. The fraction of sp³-hybridized carbons (Fsp3) is 0.0909. The van der Waals surface area contributed by atoms with E-state index in [1.165, 1.54) is 30.8 Å². The Morgan fingerprint density at radius 2 is 1.83 bits per heavy atom. The molecule has 0 saturated heterocycles. The number of sulfone groups is 1. The summed E-state index contributed by atoms with van der Waals surface area (Å²) >= 11 is 0. The van der Waals surface area contributed by atoms with Crippen LogP contribution in [0.5, 0.6) is 0 Å². The van der Waals surface area contributed by atoms with Gasteiger partial charge in [0.1, 0.15) is 5.82 Å². The SMILES string of the molecule is CS(=O)(=O)c1ccc(Nc2cncc(N)n2)cc1. The van der Waals surface area contributed by atoms with Crippen molar-refractivity contribution in [1.82, 2.24) is 9.97 Å². The van der Waals surface area contributed by atoms with Gasteiger partial charge >= 0.3 is 0 Å². The summed E-state index contributed by atoms with van der Waals surface area (Å²) in [6, 6.07) is 6.36. The lowest BCUT2D eigenvalue weighted by atomic mass is 10.3. The van der Waals surface area contributed by atoms with Crippen LogP contribution in [0.4, 0.5) is 17.3 Å². The van der Waals surface area contributed by atoms with E-state index in [1.54, 1.807) is 12.1 Å². The molecule has 0 aliphatic carbocycles. The van der Waals surface area contributed by atoms with Crippen molar-refractivity contribution in [2.45, 2.75) is 4.90 Å². The van der Waals surface area contributed by atoms with E-state index < -0.39 is 9.84 Å². The molecular formula is C11H12N4O2S. The van der Waals surface area contributed by atoms with Crippen LogP contribution in [0.1, 0.15) is 0 Å². The van der Waals surface area contributed by atoms with Gasteiger partial charge < -0.3 is 11.1 Å². The van der Waals surface area contributed by atoms with Crippen LogP contribution in [0, 0.1) is 0 Å². The highest BCUT2D eigenvalue weighted by Gasteiger charge is 2.06. The van der Waals surface area contributed by atoms with Crippen molar-refractivity contribution in [3.63, 3.8) is 0 Å². The van der Waals surface area contributed by atoms with Crippen LogP contribution >= 0.6 is 0 Å². The first-order chi connectivity index (χ1) is 8.45. The Kier molecular flexibility index (Phi) is 3.15. The van der Waals surface area contributed by atoms with Gasteiger partial charge in [0.25, 0.3) is 0 Å². The Hall–Kier alpha value is -2.15. The van der Waals surface area contributed by atoms with Gasteiger partial charge in [-0.1, -0.05) is 0 Å². The van der Waals surface area contributed by atoms with Gasteiger partial charge in [0, 0.05) is 11.9 Å². The highest BCUT2D eigenvalue weighted by molar-refractivity contribution is 7.90. The van der Waals surface area contributed by atoms with Crippen LogP contribution in [0.2, 0.25) is 0 Å². The lowest BCUT2D eigenvalue weighted by Gasteiger charge is -2.06. The summed E-state index contributed by atoms with van der Waals surface area (Å²) in [5.41, 5.74) is 6.21. The molecule has 0 radical (unpaired) electrons. The van der Waals surface area contributed by atoms with Crippen molar-refractivity contribution in [1.29, 1.82) is 0 Å². The number of nitrogens with zero attached hydrogens (tertiary/aromatic N) is 2. The maximum Gasteiger partial charge on any atom is 0.175 e. The molecule has 94 valence electrons. The normalized spacial score (nSPS) is 11.2. The molecule has 2 rings (SSSR count). The smallest absolute Gasteiger partial charge is 0.175 e. The Morgan fingerprint density at radius 1 is 1.17 bits per heavy atom. The van der Waals surface area contributed by atoms with Crippen LogP contribution < -0.4 is 11.1 Å². The van der Waals surface area contributed by atoms with Gasteiger partial charge in [0.05, 0.1) is 17.3 Å². The predicted molar refractivity (Wildman–Crippen MR) is 69.3 cm³/mol. The standard InChI is InChI=1S/C11H12N4O2S/c1-18(16,17)9-4-2-8(3-5-9)14-11-7-13-6-10(12)15-11/h2-7H,1H3,(H3,12,14,15). The van der Waals surface area contributed by atoms with Crippen molar-refractivity contribution in [2.75, 3.05) is 17.3 Å². The number of rotatable bonds is 3. The third-order valence-corrected chi connectivity index (χ3v) is 3.34. The summed E-state index contributed by atoms with van der Waals surface area (Å²) < 4.78 is 22.6. The van der Waals surface area contributed by atoms with Crippen molar-refractivity contribution < 1.29 is 8.42 Å². The number of anilines is 3. The third-order valence-electron chi connectivity index (χ3n) is 2.21. The second-order valence-electron chi connectivity index (χ2n) is 3.75. The quantitative estimate of drug-likeness (QED) is 0.864. The van der Waals surface area contributed by atoms with Crippen LogP contribution in [0.25, 0.3) is 0 Å². The van der Waals surface area contributed by atoms with Gasteiger partial charge in [0.15, 0.2) is 15.7 Å². The summed E-state index contributed by atoms with van der Waals surface area (Å²) in [5, 5.41) is 2.97. The molecule has 1 aromatic carbocycles. The Morgan fingerprint density at radius 3 is 2.39 bits per heavy atom. The molecule has 0 amide bonds. The summed E-state index contributed by atoms with van der Waals surface area (Å²) in [5.74, 6) is 0.815. The van der Waals surface area contributed by atoms with E-state index in [2.05, 4.69) is 15.3 Å². The molecule has 2 aromatic rings. The first-order valence-corrected chi connectivity index (χ1v) is 6.99. The number of benzene rings is 1. The average molecular weight is 264 g/mol. The zero-order valence-corrected chi connectivity index (χ0v) is 10.5. The first-order valence-electron chi connectivity index (χ1n) is 5.10. The van der Waals surface area contributed by atoms with E-state index in [0.29, 0.717) is 17.3 Å². The molecule has 0 saturated carbocycles. The van der Waals surface area contributed by atoms with E-state index in [4.69, 9.17) is 5.73 Å². The predicted octanol–water partition coefficient (Wildman–Crippen LogP) is 1.21. The van der Waals surface area contributed by atoms with E-state index in [0.717, 1.165) is 0 Å². The van der Waals surface area contributed by atoms with Gasteiger partial charge in [-0.05, 0) is 24.3 Å². The maximum absolute atomic E-state index is 11.3. The number of hydrogen-bond donors (Lipinski definition) is 2. The zero-order valence-electron chi connectivity index (χ0n) is 9.66. The summed E-state index contributed by atoms with van der Waals surface area (Å²) in [7, 11) is -3.17. The number of aromatic nitrogens is 2. The van der Waals surface area contributed by atoms with Crippen molar-refractivity contribution in [3.05, 3.63) is 36.7 Å². The number of nitrogens with one attached hydrogen (secondary N) is 1. The van der Waals surface area contributed by atoms with Crippen molar-refractivity contribution in [3.8, 4) is 0 Å². The molecule has 0 atom stereocenters. The van der Waals surface area contributed by atoms with E-state index in [9.17, 15) is 8.42 Å². The van der Waals surface area contributed by atoms with Gasteiger partial charge in [-0.25, -0.2) is 13.4 Å². The molecule has 18 heavy (non-hydrogen) atoms. The lowest BCUT2D eigenvalue weighted by molar-refractivity contribution is 0.602. The maximum atomic E-state index is 11.3. The summed E-state index contributed by atoms with van der Waals surface area (Å²) in [6.07, 6.45) is 4.14. The van der Waals surface area contributed by atoms with Crippen LogP contribution in [-0.2, 0) is 9.84 Å². The van der Waals surface area contributed by atoms with E-state index >= 15 is 0 Å². The number of nitrogens with two attached hydrogens (primary N) is 1. The minimum absolute atomic E-state index is 0.270. The third kappa shape index (κ3) is 2.95. The highest BCUT2D eigenvalue weighted by Crippen LogP contribution is 2.17. The molecule has 6 nitrogen and oxygen atoms in total. The molecule has 0 aliphatic rings. The molecule has 1 heterocycles. The molecule has 0 fully saturated rings. The molecule has 3 N–H and O–H groups in total. The first kappa shape index (κ1) is 12.3. The van der Waals surface area contributed by atoms with Gasteiger partial charge in [-0.2, -0.15) is 0 Å². The molecule has 0 aliphatic heterocycles. The van der Waals surface area contributed by atoms with E-state index in [1.807, 2.05) is 0 Å². The molecule has 0 unspecified atom stereocenters. The van der Waals surface area contributed by atoms with Crippen molar-refractivity contribution in [2.24, 2.45) is 0 Å². The number of nitrogen functional groups attached to an aromatic ring is 1. The van der Waals surface area contributed by atoms with Crippen LogP contribution in [0.3, 0.4) is 0 Å². The molecule has 0 bridgehead atoms. The number of hydrogen-bond acceptors (Lipinski definition) is 6. The monoisotopic (exact) mass is 264 g/mol. The fourth-order valence-corrected chi connectivity index (χ4v) is 2.01. The van der Waals surface area contributed by atoms with Gasteiger partial charge in [0.2, 0.25) is 0 Å². The molecule has 7 heteroatoms. The molecular weight excluding hydrogens is 252 g/mol. The second-order valence-corrected chi connectivity index (χ2v) is 5.77. The zero-order chi connectivity index (χ0) is 13.2. The Bertz CT molecular complexity index is 653. The molecule has 1 aromatic heterocycles. The average Bonchev–Trinajstić information content (AvgIpc) is 2.28. The van der Waals surface area contributed by atoms with Crippen LogP contribution in [-0.4, -0.2) is 24.6 Å². The lowest BCUT2D eigenvalue weighted by Crippen LogP contribution is -1.99. The minimum atomic E-state index is -3.17. The molecule has 0 spiro atoms. The van der Waals surface area contributed by atoms with Gasteiger partial charge in [-0.3, -0.25) is 4.98 Å². The highest BCUT2D eigenvalue weighted by atomic mass is 32.2. The second kappa shape index (κ2) is 4.61. The van der Waals surface area contributed by atoms with E-state index in [-0.39, 0.29) is 4.90 Å².